The van der Waals surface area contributed by atoms with Crippen molar-refractivity contribution in [2.75, 3.05) is 0 Å². The molecule has 1 N–H and O–H groups in total. The lowest BCUT2D eigenvalue weighted by Crippen LogP contribution is -2.10. The van der Waals surface area contributed by atoms with E-state index in [-0.39, 0.29) is 10.6 Å². The van der Waals surface area contributed by atoms with Gasteiger partial charge in [-0.1, -0.05) is 17.7 Å². The minimum atomic E-state index is -3.80. The van der Waals surface area contributed by atoms with Crippen LogP contribution in [0.2, 0.25) is 0 Å². The molecule has 1 heterocycles. The van der Waals surface area contributed by atoms with Crippen LogP contribution in [0.4, 0.5) is 0 Å². The molecule has 96 valence electrons. The number of nitrogens with one attached hydrogen (secondary N) is 1. The van der Waals surface area contributed by atoms with Gasteiger partial charge in [0, 0.05) is 0 Å². The summed E-state index contributed by atoms with van der Waals surface area (Å²) in [6, 6.07) is 6.50. The third-order valence-electron chi connectivity index (χ3n) is 2.56. The van der Waals surface area contributed by atoms with Crippen molar-refractivity contribution >= 4 is 10.1 Å². The highest BCUT2D eigenvalue weighted by Crippen LogP contribution is 2.24. The molecule has 0 amide bonds. The quantitative estimate of drug-likeness (QED) is 0.863. The molecule has 2 rings (SSSR count). The number of nitrogens with zero attached hydrogens (tertiary/aromatic N) is 1. The Morgan fingerprint density at radius 3 is 2.22 bits per heavy atom. The number of aryl methyl sites for hydroxylation is 3. The van der Waals surface area contributed by atoms with Gasteiger partial charge in [-0.2, -0.15) is 13.5 Å². The van der Waals surface area contributed by atoms with E-state index in [0.717, 1.165) is 5.56 Å². The number of H-pyrrole nitrogens is 1. The zero-order valence-corrected chi connectivity index (χ0v) is 11.2. The van der Waals surface area contributed by atoms with Crippen molar-refractivity contribution in [3.05, 3.63) is 41.2 Å². The molecular weight excluding hydrogens is 252 g/mol. The van der Waals surface area contributed by atoms with Crippen molar-refractivity contribution in [2.24, 2.45) is 0 Å². The van der Waals surface area contributed by atoms with Gasteiger partial charge in [0.15, 0.2) is 5.75 Å². The molecule has 5 nitrogen and oxygen atoms in total. The van der Waals surface area contributed by atoms with Crippen LogP contribution < -0.4 is 4.18 Å². The third kappa shape index (κ3) is 2.38. The van der Waals surface area contributed by atoms with Gasteiger partial charge in [-0.05, 0) is 32.9 Å². The van der Waals surface area contributed by atoms with Crippen molar-refractivity contribution in [1.29, 1.82) is 0 Å². The summed E-state index contributed by atoms with van der Waals surface area (Å²) in [7, 11) is -3.80. The molecule has 0 aliphatic rings. The van der Waals surface area contributed by atoms with Crippen LogP contribution >= 0.6 is 0 Å². The summed E-state index contributed by atoms with van der Waals surface area (Å²) >= 11 is 0. The molecule has 18 heavy (non-hydrogen) atoms. The van der Waals surface area contributed by atoms with Crippen LogP contribution in [0.5, 0.6) is 5.75 Å². The zero-order valence-electron chi connectivity index (χ0n) is 10.4. The van der Waals surface area contributed by atoms with E-state index in [4.69, 9.17) is 4.18 Å². The molecule has 0 bridgehead atoms. The lowest BCUT2D eigenvalue weighted by molar-refractivity contribution is 0.482. The second-order valence-electron chi connectivity index (χ2n) is 4.11. The zero-order chi connectivity index (χ0) is 13.3. The summed E-state index contributed by atoms with van der Waals surface area (Å²) in [5.74, 6) is 0.260. The monoisotopic (exact) mass is 266 g/mol. The number of hydrogen-bond acceptors (Lipinski definition) is 4. The van der Waals surface area contributed by atoms with E-state index in [2.05, 4.69) is 10.2 Å². The van der Waals surface area contributed by atoms with Gasteiger partial charge in [-0.3, -0.25) is 5.10 Å². The van der Waals surface area contributed by atoms with Crippen molar-refractivity contribution in [3.8, 4) is 5.75 Å². The average molecular weight is 266 g/mol. The van der Waals surface area contributed by atoms with E-state index >= 15 is 0 Å². The van der Waals surface area contributed by atoms with Gasteiger partial charge in [0.25, 0.3) is 0 Å². The van der Waals surface area contributed by atoms with Gasteiger partial charge in [-0.25, -0.2) is 0 Å². The van der Waals surface area contributed by atoms with E-state index in [1.54, 1.807) is 26.0 Å². The van der Waals surface area contributed by atoms with Gasteiger partial charge in [0.05, 0.1) is 5.69 Å². The predicted octanol–water partition coefficient (Wildman–Crippen LogP) is 2.10. The van der Waals surface area contributed by atoms with E-state index in [9.17, 15) is 8.42 Å². The molecule has 2 aromatic rings. The maximum atomic E-state index is 12.1. The van der Waals surface area contributed by atoms with Crippen LogP contribution in [0.25, 0.3) is 0 Å². The van der Waals surface area contributed by atoms with Crippen LogP contribution in [0, 0.1) is 20.8 Å². The first-order chi connectivity index (χ1) is 8.40. The Bertz CT molecular complexity index is 638. The number of aromatic nitrogens is 2. The van der Waals surface area contributed by atoms with Crippen LogP contribution in [-0.2, 0) is 10.1 Å². The first-order valence-corrected chi connectivity index (χ1v) is 6.84. The predicted molar refractivity (Wildman–Crippen MR) is 67.1 cm³/mol. The minimum Gasteiger partial charge on any atom is -0.375 e. The van der Waals surface area contributed by atoms with Crippen molar-refractivity contribution in [2.45, 2.75) is 25.7 Å². The Balaban J connectivity index is 2.36. The molecule has 0 aliphatic heterocycles. The molecule has 1 aromatic carbocycles. The van der Waals surface area contributed by atoms with E-state index in [0.29, 0.717) is 11.4 Å². The molecule has 0 radical (unpaired) electrons. The minimum absolute atomic E-state index is 0.133. The fourth-order valence-corrected chi connectivity index (χ4v) is 2.56. The van der Waals surface area contributed by atoms with Crippen LogP contribution in [0.15, 0.2) is 29.2 Å². The van der Waals surface area contributed by atoms with Gasteiger partial charge in [0.2, 0.25) is 0 Å². The van der Waals surface area contributed by atoms with Crippen LogP contribution in [-0.4, -0.2) is 18.6 Å². The van der Waals surface area contributed by atoms with Crippen LogP contribution in [0.1, 0.15) is 17.0 Å². The molecule has 0 aliphatic carbocycles. The highest BCUT2D eigenvalue weighted by atomic mass is 32.2. The highest BCUT2D eigenvalue weighted by Gasteiger charge is 2.20. The van der Waals surface area contributed by atoms with Gasteiger partial charge < -0.3 is 4.18 Å². The molecule has 0 fully saturated rings. The largest absolute Gasteiger partial charge is 0.375 e. The Hall–Kier alpha value is -1.82. The Kier molecular flexibility index (Phi) is 3.13. The fraction of sp³-hybridized carbons (Fsp3) is 0.250. The van der Waals surface area contributed by atoms with Gasteiger partial charge in [0.1, 0.15) is 10.6 Å². The first kappa shape index (κ1) is 12.6. The molecular formula is C12H14N2O3S. The van der Waals surface area contributed by atoms with E-state index in [1.165, 1.54) is 12.1 Å². The number of aromatic amines is 1. The molecule has 1 aromatic heterocycles. The van der Waals surface area contributed by atoms with Gasteiger partial charge >= 0.3 is 10.1 Å². The topological polar surface area (TPSA) is 72.1 Å². The second kappa shape index (κ2) is 4.45. The lowest BCUT2D eigenvalue weighted by atomic mass is 10.2. The number of hydrogen-bond donors (Lipinski definition) is 1. The first-order valence-electron chi connectivity index (χ1n) is 5.43. The van der Waals surface area contributed by atoms with Gasteiger partial charge in [-0.15, -0.1) is 0 Å². The number of benzene rings is 1. The maximum absolute atomic E-state index is 12.1. The Morgan fingerprint density at radius 1 is 1.11 bits per heavy atom. The smallest absolute Gasteiger partial charge is 0.339 e. The number of rotatable bonds is 3. The second-order valence-corrected chi connectivity index (χ2v) is 5.66. The third-order valence-corrected chi connectivity index (χ3v) is 3.80. The summed E-state index contributed by atoms with van der Waals surface area (Å²) in [4.78, 5) is 0.133. The van der Waals surface area contributed by atoms with E-state index < -0.39 is 10.1 Å². The summed E-state index contributed by atoms with van der Waals surface area (Å²) < 4.78 is 29.2. The summed E-state index contributed by atoms with van der Waals surface area (Å²) in [5.41, 5.74) is 2.09. The SMILES string of the molecule is Cc1ccc(S(=O)(=O)Oc2c(C)n[nH]c2C)cc1. The van der Waals surface area contributed by atoms with Crippen molar-refractivity contribution < 1.29 is 12.6 Å². The van der Waals surface area contributed by atoms with Crippen LogP contribution in [0.3, 0.4) is 0 Å². The Labute approximate surface area is 106 Å². The fourth-order valence-electron chi connectivity index (χ4n) is 1.53. The van der Waals surface area contributed by atoms with Crippen molar-refractivity contribution in [3.63, 3.8) is 0 Å². The normalized spacial score (nSPS) is 11.5. The standard InChI is InChI=1S/C12H14N2O3S/c1-8-4-6-11(7-5-8)18(15,16)17-12-9(2)13-14-10(12)3/h4-7H,1-3H3,(H,13,14). The molecule has 0 saturated carbocycles. The maximum Gasteiger partial charge on any atom is 0.339 e. The average Bonchev–Trinajstić information content (AvgIpc) is 2.61. The molecule has 0 unspecified atom stereocenters. The summed E-state index contributed by atoms with van der Waals surface area (Å²) in [6.45, 7) is 5.28. The molecule has 0 saturated heterocycles. The summed E-state index contributed by atoms with van der Waals surface area (Å²) in [6.07, 6.45) is 0. The molecule has 0 atom stereocenters. The highest BCUT2D eigenvalue weighted by molar-refractivity contribution is 7.87. The molecule has 0 spiro atoms. The summed E-state index contributed by atoms with van der Waals surface area (Å²) in [5, 5.41) is 6.57. The van der Waals surface area contributed by atoms with Crippen molar-refractivity contribution in [1.82, 2.24) is 10.2 Å². The van der Waals surface area contributed by atoms with E-state index in [1.807, 2.05) is 6.92 Å². The lowest BCUT2D eigenvalue weighted by Gasteiger charge is -2.07. The molecule has 6 heteroatoms. The Morgan fingerprint density at radius 2 is 1.72 bits per heavy atom.